The summed E-state index contributed by atoms with van der Waals surface area (Å²) in [6.45, 7) is 13.0. The largest absolute Gasteiger partial charge is 0.444 e. The lowest BCUT2D eigenvalue weighted by molar-refractivity contribution is -0.140. The van der Waals surface area contributed by atoms with Crippen molar-refractivity contribution in [3.05, 3.63) is 35.9 Å². The van der Waals surface area contributed by atoms with E-state index in [0.29, 0.717) is 26.1 Å². The highest BCUT2D eigenvalue weighted by Gasteiger charge is 2.40. The number of hydroxylamine groups is 2. The number of hydrogen-bond donors (Lipinski definition) is 1. The third kappa shape index (κ3) is 9.05. The molecule has 9 nitrogen and oxygen atoms in total. The summed E-state index contributed by atoms with van der Waals surface area (Å²) in [6, 6.07) is 10.4. The first kappa shape index (κ1) is 28.4. The van der Waals surface area contributed by atoms with Crippen LogP contribution in [0.25, 0.3) is 0 Å². The van der Waals surface area contributed by atoms with E-state index in [2.05, 4.69) is 5.32 Å². The Balaban J connectivity index is 0.000000231. The Hall–Kier alpha value is -2.81. The molecule has 0 aliphatic carbocycles. The molecule has 0 aromatic heterocycles. The van der Waals surface area contributed by atoms with E-state index in [-0.39, 0.29) is 24.2 Å². The van der Waals surface area contributed by atoms with Crippen molar-refractivity contribution in [2.24, 2.45) is 0 Å². The molecule has 1 aromatic carbocycles. The standard InChI is InChI=1S/C13H16N2O2.C11H20N2O3.C2H6/c16-13-14-8-4-7-12(9-14)15(13)17-10-11-5-2-1-3-6-11;1-11(2,3)16-10(15)13-6-4-9(5-7-13)12-8-14;1-2/h1-3,5-6,12H,4,7-10H2;8-9H,4-7H2,1-3H3,(H,12,14);1-2H3. The van der Waals surface area contributed by atoms with Gasteiger partial charge in [0.05, 0.1) is 6.04 Å². The maximum Gasteiger partial charge on any atom is 0.410 e. The van der Waals surface area contributed by atoms with E-state index in [1.54, 1.807) is 9.96 Å². The lowest BCUT2D eigenvalue weighted by Crippen LogP contribution is -2.46. The molecule has 3 aliphatic heterocycles. The van der Waals surface area contributed by atoms with E-state index < -0.39 is 5.60 Å². The van der Waals surface area contributed by atoms with Crippen molar-refractivity contribution in [1.29, 1.82) is 0 Å². The zero-order valence-electron chi connectivity index (χ0n) is 21.9. The van der Waals surface area contributed by atoms with Crippen LogP contribution in [0, 0.1) is 0 Å². The quantitative estimate of drug-likeness (QED) is 0.626. The molecule has 3 aliphatic rings. The highest BCUT2D eigenvalue weighted by molar-refractivity contribution is 5.76. The number of nitrogens with zero attached hydrogens (tertiary/aromatic N) is 3. The molecule has 35 heavy (non-hydrogen) atoms. The second kappa shape index (κ2) is 13.9. The number of carbonyl (C=O) groups excluding carboxylic acids is 3. The summed E-state index contributed by atoms with van der Waals surface area (Å²) in [5, 5.41) is 4.30. The lowest BCUT2D eigenvalue weighted by atomic mass is 10.1. The van der Waals surface area contributed by atoms with Crippen LogP contribution in [0.5, 0.6) is 0 Å². The molecular formula is C26H42N4O5. The molecular weight excluding hydrogens is 448 g/mol. The lowest BCUT2D eigenvalue weighted by Gasteiger charge is -2.33. The Kier molecular flexibility index (Phi) is 11.3. The summed E-state index contributed by atoms with van der Waals surface area (Å²) in [5.41, 5.74) is 0.645. The Morgan fingerprint density at radius 3 is 2.31 bits per heavy atom. The molecule has 1 unspecified atom stereocenters. The van der Waals surface area contributed by atoms with E-state index in [4.69, 9.17) is 9.57 Å². The van der Waals surface area contributed by atoms with Crippen LogP contribution in [0.2, 0.25) is 0 Å². The predicted molar refractivity (Wildman–Crippen MR) is 134 cm³/mol. The number of piperidine rings is 2. The van der Waals surface area contributed by atoms with Gasteiger partial charge in [0.15, 0.2) is 0 Å². The third-order valence-electron chi connectivity index (χ3n) is 5.85. The van der Waals surface area contributed by atoms with Crippen LogP contribution in [0.1, 0.15) is 65.9 Å². The monoisotopic (exact) mass is 490 g/mol. The maximum absolute atomic E-state index is 11.9. The van der Waals surface area contributed by atoms with Gasteiger partial charge in [-0.25, -0.2) is 9.59 Å². The van der Waals surface area contributed by atoms with Gasteiger partial charge >= 0.3 is 12.1 Å². The van der Waals surface area contributed by atoms with Gasteiger partial charge in [0.25, 0.3) is 0 Å². The highest BCUT2D eigenvalue weighted by Crippen LogP contribution is 2.26. The minimum Gasteiger partial charge on any atom is -0.444 e. The van der Waals surface area contributed by atoms with E-state index in [1.807, 2.05) is 69.9 Å². The molecule has 1 atom stereocenters. The van der Waals surface area contributed by atoms with Crippen molar-refractivity contribution in [1.82, 2.24) is 20.2 Å². The summed E-state index contributed by atoms with van der Waals surface area (Å²) in [5.74, 6) is 0. The van der Waals surface area contributed by atoms with Gasteiger partial charge in [-0.15, -0.1) is 0 Å². The fourth-order valence-electron chi connectivity index (χ4n) is 4.15. The van der Waals surface area contributed by atoms with Crippen LogP contribution in [-0.2, 0) is 21.0 Å². The molecule has 0 radical (unpaired) electrons. The molecule has 4 amide bonds. The number of ether oxygens (including phenoxy) is 1. The van der Waals surface area contributed by atoms with E-state index >= 15 is 0 Å². The minimum absolute atomic E-state index is 0.0310. The second-order valence-corrected chi connectivity index (χ2v) is 9.64. The molecule has 0 saturated carbocycles. The maximum atomic E-state index is 11.9. The average molecular weight is 491 g/mol. The highest BCUT2D eigenvalue weighted by atomic mass is 16.7. The second-order valence-electron chi connectivity index (χ2n) is 9.64. The van der Waals surface area contributed by atoms with Crippen molar-refractivity contribution in [3.63, 3.8) is 0 Å². The number of amides is 4. The number of rotatable bonds is 5. The van der Waals surface area contributed by atoms with Gasteiger partial charge in [-0.05, 0) is 52.0 Å². The summed E-state index contributed by atoms with van der Waals surface area (Å²) in [6.07, 6.45) is 4.17. The van der Waals surface area contributed by atoms with Crippen LogP contribution in [-0.4, -0.2) is 77.3 Å². The number of carbonyl (C=O) groups is 3. The van der Waals surface area contributed by atoms with Gasteiger partial charge in [-0.3, -0.25) is 9.63 Å². The molecule has 4 rings (SSSR count). The van der Waals surface area contributed by atoms with Gasteiger partial charge in [0.2, 0.25) is 6.41 Å². The molecule has 1 N–H and O–H groups in total. The topological polar surface area (TPSA) is 91.4 Å². The number of likely N-dealkylation sites (tertiary alicyclic amines) is 1. The first-order chi connectivity index (χ1) is 16.8. The number of hydrogen-bond acceptors (Lipinski definition) is 5. The van der Waals surface area contributed by atoms with Crippen LogP contribution in [0.4, 0.5) is 9.59 Å². The fourth-order valence-corrected chi connectivity index (χ4v) is 4.15. The molecule has 196 valence electrons. The van der Waals surface area contributed by atoms with E-state index in [9.17, 15) is 14.4 Å². The van der Waals surface area contributed by atoms with Gasteiger partial charge in [-0.2, -0.15) is 5.06 Å². The smallest absolute Gasteiger partial charge is 0.410 e. The number of fused-ring (bicyclic) bond motifs is 2. The Labute approximate surface area is 209 Å². The van der Waals surface area contributed by atoms with Crippen LogP contribution < -0.4 is 5.32 Å². The molecule has 0 spiro atoms. The van der Waals surface area contributed by atoms with Gasteiger partial charge in [0.1, 0.15) is 12.2 Å². The van der Waals surface area contributed by atoms with Crippen molar-refractivity contribution in [2.45, 2.75) is 84.6 Å². The van der Waals surface area contributed by atoms with Crippen molar-refractivity contribution < 1.29 is 24.0 Å². The first-order valence-electron chi connectivity index (χ1n) is 12.7. The Morgan fingerprint density at radius 1 is 1.09 bits per heavy atom. The number of urea groups is 1. The van der Waals surface area contributed by atoms with Crippen LogP contribution >= 0.6 is 0 Å². The Bertz CT molecular complexity index is 791. The van der Waals surface area contributed by atoms with E-state index in [0.717, 1.165) is 44.3 Å². The molecule has 9 heteroatoms. The summed E-state index contributed by atoms with van der Waals surface area (Å²) < 4.78 is 5.27. The van der Waals surface area contributed by atoms with Crippen molar-refractivity contribution in [2.75, 3.05) is 26.2 Å². The SMILES string of the molecule is CC.CC(C)(C)OC(=O)N1CCC(NC=O)CC1.O=C1N2CCCC(C2)N1OCc1ccccc1. The van der Waals surface area contributed by atoms with E-state index in [1.165, 1.54) is 0 Å². The predicted octanol–water partition coefficient (Wildman–Crippen LogP) is 4.18. The summed E-state index contributed by atoms with van der Waals surface area (Å²) in [7, 11) is 0. The molecule has 3 heterocycles. The molecule has 3 saturated heterocycles. The molecule has 2 bridgehead atoms. The van der Waals surface area contributed by atoms with Crippen molar-refractivity contribution in [3.8, 4) is 0 Å². The fraction of sp³-hybridized carbons (Fsp3) is 0.654. The molecule has 3 fully saturated rings. The van der Waals surface area contributed by atoms with Gasteiger partial charge in [-0.1, -0.05) is 44.2 Å². The van der Waals surface area contributed by atoms with Gasteiger partial charge < -0.3 is 19.9 Å². The minimum atomic E-state index is -0.449. The normalized spacial score (nSPS) is 19.7. The zero-order valence-corrected chi connectivity index (χ0v) is 21.9. The van der Waals surface area contributed by atoms with Crippen molar-refractivity contribution >= 4 is 18.5 Å². The first-order valence-corrected chi connectivity index (χ1v) is 12.7. The Morgan fingerprint density at radius 2 is 1.74 bits per heavy atom. The number of nitrogens with one attached hydrogen (secondary N) is 1. The third-order valence-corrected chi connectivity index (χ3v) is 5.85. The number of benzene rings is 1. The summed E-state index contributed by atoms with van der Waals surface area (Å²) >= 11 is 0. The average Bonchev–Trinajstić information content (AvgIpc) is 3.06. The van der Waals surface area contributed by atoms with Crippen LogP contribution in [0.3, 0.4) is 0 Å². The summed E-state index contributed by atoms with van der Waals surface area (Å²) in [4.78, 5) is 43.1. The molecule has 1 aromatic rings. The van der Waals surface area contributed by atoms with Crippen LogP contribution in [0.15, 0.2) is 30.3 Å². The van der Waals surface area contributed by atoms with Gasteiger partial charge in [0, 0.05) is 32.2 Å². The zero-order chi connectivity index (χ0) is 25.8.